The van der Waals surface area contributed by atoms with Gasteiger partial charge in [-0.05, 0) is 49.8 Å². The summed E-state index contributed by atoms with van der Waals surface area (Å²) in [6.07, 6.45) is 5.23. The lowest BCUT2D eigenvalue weighted by atomic mass is 10.1. The van der Waals surface area contributed by atoms with Crippen LogP contribution in [0.4, 0.5) is 0 Å². The molecular weight excluding hydrogens is 426 g/mol. The first kappa shape index (κ1) is 23.1. The van der Waals surface area contributed by atoms with Gasteiger partial charge in [-0.3, -0.25) is 0 Å². The van der Waals surface area contributed by atoms with E-state index in [1.165, 1.54) is 6.08 Å². The van der Waals surface area contributed by atoms with E-state index >= 15 is 0 Å². The molecule has 0 saturated heterocycles. The lowest BCUT2D eigenvalue weighted by molar-refractivity contribution is -0.137. The number of esters is 1. The summed E-state index contributed by atoms with van der Waals surface area (Å²) in [6.45, 7) is 4.57. The predicted octanol–water partition coefficient (Wildman–Crippen LogP) is 5.84. The standard InChI is InChI=1S/C25H24ClN3O3/c1-3-5-13-32-23-12-11-18(15-22(23)26)24-20(14-19(16-27)25(30)31-4-2)17-29(28-24)21-9-7-6-8-10-21/h6-12,14-15,17H,3-5,13H2,1-2H3/b19-14-. The number of carbonyl (C=O) groups excluding carboxylic acids is 1. The van der Waals surface area contributed by atoms with Crippen molar-refractivity contribution in [3.8, 4) is 28.8 Å². The van der Waals surface area contributed by atoms with E-state index in [2.05, 4.69) is 6.92 Å². The molecule has 6 nitrogen and oxygen atoms in total. The molecule has 0 aliphatic heterocycles. The number of hydrogen-bond donors (Lipinski definition) is 0. The summed E-state index contributed by atoms with van der Waals surface area (Å²) in [7, 11) is 0. The number of aromatic nitrogens is 2. The maximum absolute atomic E-state index is 12.1. The summed E-state index contributed by atoms with van der Waals surface area (Å²) in [4.78, 5) is 12.1. The smallest absolute Gasteiger partial charge is 0.348 e. The maximum atomic E-state index is 12.1. The van der Waals surface area contributed by atoms with Crippen molar-refractivity contribution in [2.75, 3.05) is 13.2 Å². The molecule has 0 saturated carbocycles. The summed E-state index contributed by atoms with van der Waals surface area (Å²) in [5, 5.41) is 14.6. The van der Waals surface area contributed by atoms with Crippen LogP contribution >= 0.6 is 11.6 Å². The molecule has 0 spiro atoms. The topological polar surface area (TPSA) is 77.1 Å². The van der Waals surface area contributed by atoms with Crippen LogP contribution in [-0.4, -0.2) is 29.0 Å². The first-order valence-corrected chi connectivity index (χ1v) is 10.8. The van der Waals surface area contributed by atoms with Gasteiger partial charge in [0.1, 0.15) is 23.1 Å². The Bertz CT molecular complexity index is 1150. The Hall–Kier alpha value is -3.56. The average molecular weight is 450 g/mol. The highest BCUT2D eigenvalue weighted by Crippen LogP contribution is 2.33. The minimum Gasteiger partial charge on any atom is -0.492 e. The van der Waals surface area contributed by atoms with E-state index in [-0.39, 0.29) is 12.2 Å². The molecular formula is C25H24ClN3O3. The molecule has 2 aromatic carbocycles. The number of para-hydroxylation sites is 1. The Balaban J connectivity index is 2.06. The van der Waals surface area contributed by atoms with Crippen LogP contribution in [0.25, 0.3) is 23.0 Å². The van der Waals surface area contributed by atoms with Gasteiger partial charge in [0.05, 0.1) is 23.9 Å². The molecule has 0 unspecified atom stereocenters. The third-order valence-electron chi connectivity index (χ3n) is 4.64. The van der Waals surface area contributed by atoms with Crippen LogP contribution in [0.15, 0.2) is 60.3 Å². The van der Waals surface area contributed by atoms with E-state index in [1.54, 1.807) is 29.9 Å². The molecule has 1 aromatic heterocycles. The van der Waals surface area contributed by atoms with Crippen molar-refractivity contribution in [3.63, 3.8) is 0 Å². The Kier molecular flexibility index (Phi) is 8.07. The van der Waals surface area contributed by atoms with Crippen molar-refractivity contribution in [3.05, 3.63) is 70.9 Å². The summed E-state index contributed by atoms with van der Waals surface area (Å²) >= 11 is 6.46. The van der Waals surface area contributed by atoms with Crippen LogP contribution in [0.1, 0.15) is 32.3 Å². The number of ether oxygens (including phenoxy) is 2. The number of rotatable bonds is 9. The Morgan fingerprint density at radius 1 is 1.22 bits per heavy atom. The van der Waals surface area contributed by atoms with Crippen LogP contribution in [-0.2, 0) is 9.53 Å². The zero-order chi connectivity index (χ0) is 22.9. The number of hydrogen-bond acceptors (Lipinski definition) is 5. The van der Waals surface area contributed by atoms with Crippen LogP contribution in [0.3, 0.4) is 0 Å². The lowest BCUT2D eigenvalue weighted by Gasteiger charge is -2.09. The first-order valence-electron chi connectivity index (χ1n) is 10.4. The molecule has 7 heteroatoms. The maximum Gasteiger partial charge on any atom is 0.348 e. The van der Waals surface area contributed by atoms with Crippen molar-refractivity contribution in [2.24, 2.45) is 0 Å². The Morgan fingerprint density at radius 3 is 2.66 bits per heavy atom. The van der Waals surface area contributed by atoms with Gasteiger partial charge >= 0.3 is 5.97 Å². The fourth-order valence-corrected chi connectivity index (χ4v) is 3.26. The van der Waals surface area contributed by atoms with Crippen LogP contribution in [0, 0.1) is 11.3 Å². The van der Waals surface area contributed by atoms with Gasteiger partial charge in [-0.25, -0.2) is 9.48 Å². The van der Waals surface area contributed by atoms with E-state index in [0.29, 0.717) is 28.6 Å². The number of nitriles is 1. The van der Waals surface area contributed by atoms with Crippen molar-refractivity contribution in [2.45, 2.75) is 26.7 Å². The van der Waals surface area contributed by atoms with Crippen LogP contribution in [0.2, 0.25) is 5.02 Å². The fourth-order valence-electron chi connectivity index (χ4n) is 3.02. The van der Waals surface area contributed by atoms with Gasteiger partial charge in [0, 0.05) is 17.3 Å². The van der Waals surface area contributed by atoms with E-state index in [1.807, 2.05) is 42.5 Å². The number of nitrogens with zero attached hydrogens (tertiary/aromatic N) is 3. The molecule has 0 N–H and O–H groups in total. The molecule has 1 heterocycles. The number of unbranched alkanes of at least 4 members (excludes halogenated alkanes) is 1. The molecule has 0 radical (unpaired) electrons. The van der Waals surface area contributed by atoms with Crippen molar-refractivity contribution < 1.29 is 14.3 Å². The summed E-state index contributed by atoms with van der Waals surface area (Å²) in [5.41, 5.74) is 2.64. The van der Waals surface area contributed by atoms with E-state index < -0.39 is 5.97 Å². The molecule has 0 aliphatic carbocycles. The van der Waals surface area contributed by atoms with E-state index in [0.717, 1.165) is 24.1 Å². The van der Waals surface area contributed by atoms with Crippen molar-refractivity contribution in [1.82, 2.24) is 9.78 Å². The normalized spacial score (nSPS) is 11.1. The third kappa shape index (κ3) is 5.57. The zero-order valence-corrected chi connectivity index (χ0v) is 18.8. The second-order valence-electron chi connectivity index (χ2n) is 6.95. The summed E-state index contributed by atoms with van der Waals surface area (Å²) in [6, 6.07) is 16.9. The van der Waals surface area contributed by atoms with Crippen molar-refractivity contribution >= 4 is 23.6 Å². The quantitative estimate of drug-likeness (QED) is 0.177. The Labute approximate surface area is 192 Å². The minimum absolute atomic E-state index is 0.105. The molecule has 0 aliphatic rings. The highest BCUT2D eigenvalue weighted by molar-refractivity contribution is 6.32. The summed E-state index contributed by atoms with van der Waals surface area (Å²) < 4.78 is 12.4. The monoisotopic (exact) mass is 449 g/mol. The van der Waals surface area contributed by atoms with Gasteiger partial charge < -0.3 is 9.47 Å². The molecule has 32 heavy (non-hydrogen) atoms. The van der Waals surface area contributed by atoms with Gasteiger partial charge in [0.2, 0.25) is 0 Å². The van der Waals surface area contributed by atoms with Gasteiger partial charge in [-0.1, -0.05) is 43.1 Å². The van der Waals surface area contributed by atoms with Crippen LogP contribution < -0.4 is 4.74 Å². The highest BCUT2D eigenvalue weighted by Gasteiger charge is 2.17. The first-order chi connectivity index (χ1) is 15.6. The lowest BCUT2D eigenvalue weighted by Crippen LogP contribution is -2.06. The van der Waals surface area contributed by atoms with E-state index in [4.69, 9.17) is 26.2 Å². The van der Waals surface area contributed by atoms with Gasteiger partial charge in [0.25, 0.3) is 0 Å². The zero-order valence-electron chi connectivity index (χ0n) is 18.0. The van der Waals surface area contributed by atoms with Crippen LogP contribution in [0.5, 0.6) is 5.75 Å². The van der Waals surface area contributed by atoms with Gasteiger partial charge in [-0.2, -0.15) is 10.4 Å². The minimum atomic E-state index is -0.675. The van der Waals surface area contributed by atoms with E-state index in [9.17, 15) is 10.1 Å². The van der Waals surface area contributed by atoms with Gasteiger partial charge in [-0.15, -0.1) is 0 Å². The number of benzene rings is 2. The molecule has 0 amide bonds. The largest absolute Gasteiger partial charge is 0.492 e. The summed E-state index contributed by atoms with van der Waals surface area (Å²) in [5.74, 6) is -0.0706. The number of carbonyl (C=O) groups is 1. The molecule has 0 bridgehead atoms. The second-order valence-corrected chi connectivity index (χ2v) is 7.36. The molecule has 0 fully saturated rings. The molecule has 0 atom stereocenters. The SMILES string of the molecule is CCCCOc1ccc(-c2nn(-c3ccccc3)cc2/C=C(/C#N)C(=O)OCC)cc1Cl. The van der Waals surface area contributed by atoms with Gasteiger partial charge in [0.15, 0.2) is 0 Å². The highest BCUT2D eigenvalue weighted by atomic mass is 35.5. The predicted molar refractivity (Wildman–Crippen MR) is 125 cm³/mol. The molecule has 164 valence electrons. The second kappa shape index (κ2) is 11.2. The number of halogens is 1. The molecule has 3 rings (SSSR count). The molecule has 3 aromatic rings. The average Bonchev–Trinajstić information content (AvgIpc) is 3.23. The fraction of sp³-hybridized carbons (Fsp3) is 0.240. The third-order valence-corrected chi connectivity index (χ3v) is 4.94. The van der Waals surface area contributed by atoms with Crippen molar-refractivity contribution in [1.29, 1.82) is 5.26 Å². The Morgan fingerprint density at radius 2 is 2.00 bits per heavy atom.